The number of aromatic nitrogens is 2. The molecule has 0 unspecified atom stereocenters. The molecule has 94 valence electrons. The van der Waals surface area contributed by atoms with E-state index in [0.717, 1.165) is 42.7 Å². The molecule has 1 aromatic rings. The second kappa shape index (κ2) is 5.67. The monoisotopic (exact) mass is 253 g/mol. The van der Waals surface area contributed by atoms with Crippen molar-refractivity contribution in [3.8, 4) is 0 Å². The van der Waals surface area contributed by atoms with E-state index in [9.17, 15) is 0 Å². The van der Waals surface area contributed by atoms with Crippen LogP contribution >= 0.6 is 11.6 Å². The lowest BCUT2D eigenvalue weighted by atomic mass is 9.99. The molecule has 1 saturated heterocycles. The summed E-state index contributed by atoms with van der Waals surface area (Å²) in [6.45, 7) is 6.23. The maximum Gasteiger partial charge on any atom is 0.132 e. The van der Waals surface area contributed by atoms with Crippen molar-refractivity contribution >= 4 is 17.4 Å². The van der Waals surface area contributed by atoms with Gasteiger partial charge in [0.1, 0.15) is 11.6 Å². The average Bonchev–Trinajstić information content (AvgIpc) is 2.38. The van der Waals surface area contributed by atoms with Gasteiger partial charge in [0.25, 0.3) is 0 Å². The van der Waals surface area contributed by atoms with Crippen LogP contribution in [-0.2, 0) is 6.42 Å². The van der Waals surface area contributed by atoms with Gasteiger partial charge in [0.05, 0.1) is 0 Å². The highest BCUT2D eigenvalue weighted by Gasteiger charge is 2.19. The first kappa shape index (κ1) is 12.6. The van der Waals surface area contributed by atoms with Gasteiger partial charge in [0.15, 0.2) is 0 Å². The molecule has 3 nitrogen and oxygen atoms in total. The van der Waals surface area contributed by atoms with Crippen molar-refractivity contribution in [2.45, 2.75) is 33.1 Å². The lowest BCUT2D eigenvalue weighted by Gasteiger charge is -2.32. The van der Waals surface area contributed by atoms with Gasteiger partial charge in [-0.25, -0.2) is 9.97 Å². The molecule has 0 spiro atoms. The van der Waals surface area contributed by atoms with E-state index < -0.39 is 0 Å². The largest absolute Gasteiger partial charge is 0.356 e. The van der Waals surface area contributed by atoms with Crippen LogP contribution in [0.25, 0.3) is 0 Å². The van der Waals surface area contributed by atoms with E-state index in [1.54, 1.807) is 0 Å². The van der Waals surface area contributed by atoms with Crippen molar-refractivity contribution in [1.29, 1.82) is 0 Å². The molecule has 2 rings (SSSR count). The van der Waals surface area contributed by atoms with Crippen molar-refractivity contribution in [2.24, 2.45) is 5.92 Å². The SMILES string of the molecule is CCc1cc(N2CCC(CCl)CC2)nc(C)n1. The second-order valence-corrected chi connectivity index (χ2v) is 5.01. The van der Waals surface area contributed by atoms with Gasteiger partial charge in [-0.1, -0.05) is 6.92 Å². The van der Waals surface area contributed by atoms with Crippen LogP contribution < -0.4 is 4.90 Å². The number of hydrogen-bond donors (Lipinski definition) is 0. The van der Waals surface area contributed by atoms with Crippen molar-refractivity contribution in [1.82, 2.24) is 9.97 Å². The lowest BCUT2D eigenvalue weighted by molar-refractivity contribution is 0.440. The molecule has 2 heterocycles. The highest BCUT2D eigenvalue weighted by atomic mass is 35.5. The normalized spacial score (nSPS) is 17.5. The summed E-state index contributed by atoms with van der Waals surface area (Å²) in [5, 5.41) is 0. The van der Waals surface area contributed by atoms with Gasteiger partial charge in [-0.05, 0) is 32.1 Å². The van der Waals surface area contributed by atoms with Crippen LogP contribution in [0.5, 0.6) is 0 Å². The zero-order valence-corrected chi connectivity index (χ0v) is 11.4. The Labute approximate surface area is 108 Å². The quantitative estimate of drug-likeness (QED) is 0.776. The molecule has 0 N–H and O–H groups in total. The molecule has 0 radical (unpaired) electrons. The van der Waals surface area contributed by atoms with Gasteiger partial charge in [-0.15, -0.1) is 11.6 Å². The lowest BCUT2D eigenvalue weighted by Crippen LogP contribution is -2.35. The number of alkyl halides is 1. The summed E-state index contributed by atoms with van der Waals surface area (Å²) in [6.07, 6.45) is 3.32. The van der Waals surface area contributed by atoms with E-state index >= 15 is 0 Å². The third-order valence-electron chi connectivity index (χ3n) is 3.40. The summed E-state index contributed by atoms with van der Waals surface area (Å²) in [6, 6.07) is 2.12. The van der Waals surface area contributed by atoms with Crippen LogP contribution in [-0.4, -0.2) is 28.9 Å². The Kier molecular flexibility index (Phi) is 4.21. The van der Waals surface area contributed by atoms with Gasteiger partial charge in [-0.2, -0.15) is 0 Å². The molecule has 4 heteroatoms. The Morgan fingerprint density at radius 3 is 2.65 bits per heavy atom. The third-order valence-corrected chi connectivity index (χ3v) is 3.83. The molecular formula is C13H20ClN3. The van der Waals surface area contributed by atoms with E-state index in [1.807, 2.05) is 6.92 Å². The van der Waals surface area contributed by atoms with E-state index in [4.69, 9.17) is 11.6 Å². The van der Waals surface area contributed by atoms with Crippen LogP contribution in [0.3, 0.4) is 0 Å². The summed E-state index contributed by atoms with van der Waals surface area (Å²) >= 11 is 5.90. The fourth-order valence-corrected chi connectivity index (χ4v) is 2.58. The van der Waals surface area contributed by atoms with E-state index in [0.29, 0.717) is 5.92 Å². The first-order valence-electron chi connectivity index (χ1n) is 6.38. The van der Waals surface area contributed by atoms with Gasteiger partial charge in [0, 0.05) is 30.7 Å². The van der Waals surface area contributed by atoms with E-state index in [-0.39, 0.29) is 0 Å². The molecule has 1 aromatic heterocycles. The van der Waals surface area contributed by atoms with Crippen LogP contribution in [0, 0.1) is 12.8 Å². The number of piperidine rings is 1. The van der Waals surface area contributed by atoms with Gasteiger partial charge in [-0.3, -0.25) is 0 Å². The molecule has 17 heavy (non-hydrogen) atoms. The topological polar surface area (TPSA) is 29.0 Å². The molecule has 1 aliphatic rings. The van der Waals surface area contributed by atoms with Crippen molar-refractivity contribution in [3.05, 3.63) is 17.6 Å². The first-order valence-corrected chi connectivity index (χ1v) is 6.92. The number of hydrogen-bond acceptors (Lipinski definition) is 3. The summed E-state index contributed by atoms with van der Waals surface area (Å²) < 4.78 is 0. The number of halogens is 1. The molecule has 0 amide bonds. The third kappa shape index (κ3) is 3.09. The molecule has 0 aliphatic carbocycles. The predicted octanol–water partition coefficient (Wildman–Crippen LogP) is 2.80. The fraction of sp³-hybridized carbons (Fsp3) is 0.692. The number of anilines is 1. The average molecular weight is 254 g/mol. The number of nitrogens with zero attached hydrogens (tertiary/aromatic N) is 3. The Morgan fingerprint density at radius 1 is 1.35 bits per heavy atom. The number of rotatable bonds is 3. The second-order valence-electron chi connectivity index (χ2n) is 4.70. The molecule has 0 saturated carbocycles. The highest BCUT2D eigenvalue weighted by molar-refractivity contribution is 6.18. The van der Waals surface area contributed by atoms with Crippen molar-refractivity contribution in [2.75, 3.05) is 23.9 Å². The van der Waals surface area contributed by atoms with E-state index in [2.05, 4.69) is 27.9 Å². The molecule has 0 bridgehead atoms. The van der Waals surface area contributed by atoms with Gasteiger partial charge < -0.3 is 4.90 Å². The molecule has 1 fully saturated rings. The fourth-order valence-electron chi connectivity index (χ4n) is 2.27. The van der Waals surface area contributed by atoms with Crippen LogP contribution in [0.1, 0.15) is 31.3 Å². The Bertz CT molecular complexity index is 373. The number of aryl methyl sites for hydroxylation is 2. The summed E-state index contributed by atoms with van der Waals surface area (Å²) in [5.74, 6) is 3.43. The maximum absolute atomic E-state index is 5.90. The smallest absolute Gasteiger partial charge is 0.132 e. The zero-order chi connectivity index (χ0) is 12.3. The summed E-state index contributed by atoms with van der Waals surface area (Å²) in [7, 11) is 0. The summed E-state index contributed by atoms with van der Waals surface area (Å²) in [4.78, 5) is 11.3. The van der Waals surface area contributed by atoms with Gasteiger partial charge in [0.2, 0.25) is 0 Å². The predicted molar refractivity (Wildman–Crippen MR) is 71.8 cm³/mol. The minimum absolute atomic E-state index is 0.682. The molecule has 0 aromatic carbocycles. The minimum Gasteiger partial charge on any atom is -0.356 e. The Hall–Kier alpha value is -0.830. The highest BCUT2D eigenvalue weighted by Crippen LogP contribution is 2.23. The van der Waals surface area contributed by atoms with E-state index in [1.165, 1.54) is 12.8 Å². The first-order chi connectivity index (χ1) is 8.22. The minimum atomic E-state index is 0.682. The Balaban J connectivity index is 2.10. The standard InChI is InChI=1S/C13H20ClN3/c1-3-12-8-13(16-10(2)15-12)17-6-4-11(9-14)5-7-17/h8,11H,3-7,9H2,1-2H3. The summed E-state index contributed by atoms with van der Waals surface area (Å²) in [5.41, 5.74) is 1.13. The molecule has 0 atom stereocenters. The van der Waals surface area contributed by atoms with Crippen LogP contribution in [0.4, 0.5) is 5.82 Å². The van der Waals surface area contributed by atoms with Crippen molar-refractivity contribution in [3.63, 3.8) is 0 Å². The van der Waals surface area contributed by atoms with Crippen LogP contribution in [0.2, 0.25) is 0 Å². The van der Waals surface area contributed by atoms with Gasteiger partial charge >= 0.3 is 0 Å². The zero-order valence-electron chi connectivity index (χ0n) is 10.6. The Morgan fingerprint density at radius 2 is 2.06 bits per heavy atom. The van der Waals surface area contributed by atoms with Crippen LogP contribution in [0.15, 0.2) is 6.07 Å². The molecule has 1 aliphatic heterocycles. The van der Waals surface area contributed by atoms with Crippen molar-refractivity contribution < 1.29 is 0 Å². The maximum atomic E-state index is 5.90. The molecular weight excluding hydrogens is 234 g/mol.